The number of benzene rings is 2. The van der Waals surface area contributed by atoms with Gasteiger partial charge in [-0.25, -0.2) is 0 Å². The van der Waals surface area contributed by atoms with E-state index in [1.807, 2.05) is 13.8 Å². The van der Waals surface area contributed by atoms with Crippen molar-refractivity contribution in [3.8, 4) is 5.75 Å². The molecule has 3 amide bonds. The van der Waals surface area contributed by atoms with Gasteiger partial charge in [-0.15, -0.1) is 0 Å². The maximum Gasteiger partial charge on any atom is 0.279 e. The summed E-state index contributed by atoms with van der Waals surface area (Å²) >= 11 is 0. The second-order valence-corrected chi connectivity index (χ2v) is 6.72. The van der Waals surface area contributed by atoms with Crippen LogP contribution in [-0.4, -0.2) is 51.0 Å². The van der Waals surface area contributed by atoms with Crippen molar-refractivity contribution in [2.75, 3.05) is 43.9 Å². The van der Waals surface area contributed by atoms with Gasteiger partial charge in [0.05, 0.1) is 13.7 Å². The lowest BCUT2D eigenvalue weighted by Crippen LogP contribution is -3.14. The molecule has 0 aliphatic heterocycles. The fourth-order valence-electron chi connectivity index (χ4n) is 2.81. The molecule has 8 nitrogen and oxygen atoms in total. The second-order valence-electron chi connectivity index (χ2n) is 6.72. The highest BCUT2D eigenvalue weighted by atomic mass is 16.5. The van der Waals surface area contributed by atoms with Crippen LogP contribution < -0.4 is 25.6 Å². The van der Waals surface area contributed by atoms with E-state index in [4.69, 9.17) is 4.74 Å². The number of amides is 3. The second kappa shape index (κ2) is 11.6. The van der Waals surface area contributed by atoms with E-state index in [-0.39, 0.29) is 30.8 Å². The molecule has 0 aromatic heterocycles. The van der Waals surface area contributed by atoms with Gasteiger partial charge in [-0.1, -0.05) is 0 Å². The minimum Gasteiger partial charge on any atom is -0.497 e. The molecule has 0 spiro atoms. The predicted octanol–water partition coefficient (Wildman–Crippen LogP) is 0.927. The molecule has 160 valence electrons. The Hall–Kier alpha value is -3.39. The molecule has 30 heavy (non-hydrogen) atoms. The number of hydrogen-bond donors (Lipinski definition) is 4. The predicted molar refractivity (Wildman–Crippen MR) is 116 cm³/mol. The van der Waals surface area contributed by atoms with Crippen LogP contribution in [-0.2, 0) is 9.59 Å². The maximum atomic E-state index is 12.4. The average Bonchev–Trinajstić information content (AvgIpc) is 2.74. The first kappa shape index (κ1) is 22.9. The van der Waals surface area contributed by atoms with Crippen LogP contribution >= 0.6 is 0 Å². The molecule has 1 atom stereocenters. The first-order valence-electron chi connectivity index (χ1n) is 9.90. The lowest BCUT2D eigenvalue weighted by Gasteiger charge is -2.16. The molecule has 0 aliphatic rings. The highest BCUT2D eigenvalue weighted by Gasteiger charge is 2.16. The number of rotatable bonds is 10. The van der Waals surface area contributed by atoms with Crippen LogP contribution in [0, 0.1) is 0 Å². The van der Waals surface area contributed by atoms with Crippen LogP contribution in [0.1, 0.15) is 24.2 Å². The SMILES string of the molecule is CCNC(=O)C[NH+](CC)CC(=O)Nc1ccc(C(=O)Nc2ccc(OC)cc2)cc1. The van der Waals surface area contributed by atoms with E-state index in [0.29, 0.717) is 35.8 Å². The topological polar surface area (TPSA) is 101 Å². The number of quaternary nitrogens is 1. The summed E-state index contributed by atoms with van der Waals surface area (Å²) < 4.78 is 5.10. The van der Waals surface area contributed by atoms with Crippen molar-refractivity contribution in [3.63, 3.8) is 0 Å². The van der Waals surface area contributed by atoms with E-state index < -0.39 is 0 Å². The van der Waals surface area contributed by atoms with Gasteiger partial charge in [-0.3, -0.25) is 14.4 Å². The molecule has 0 heterocycles. The van der Waals surface area contributed by atoms with Crippen molar-refractivity contribution in [3.05, 3.63) is 54.1 Å². The molecular weight excluding hydrogens is 384 g/mol. The number of ether oxygens (including phenoxy) is 1. The molecule has 0 radical (unpaired) electrons. The molecule has 0 fully saturated rings. The van der Waals surface area contributed by atoms with E-state index in [0.717, 1.165) is 4.90 Å². The highest BCUT2D eigenvalue weighted by Crippen LogP contribution is 2.16. The Bertz CT molecular complexity index is 850. The van der Waals surface area contributed by atoms with Gasteiger partial charge >= 0.3 is 0 Å². The maximum absolute atomic E-state index is 12.4. The van der Waals surface area contributed by atoms with Gasteiger partial charge in [0.25, 0.3) is 17.7 Å². The molecule has 2 aromatic rings. The summed E-state index contributed by atoms with van der Waals surface area (Å²) in [5.41, 5.74) is 1.73. The number of anilines is 2. The first-order chi connectivity index (χ1) is 14.4. The average molecular weight is 413 g/mol. The number of carbonyl (C=O) groups is 3. The summed E-state index contributed by atoms with van der Waals surface area (Å²) in [6, 6.07) is 13.7. The molecule has 4 N–H and O–H groups in total. The summed E-state index contributed by atoms with van der Waals surface area (Å²) in [5, 5.41) is 8.35. The fraction of sp³-hybridized carbons (Fsp3) is 0.318. The molecule has 1 unspecified atom stereocenters. The molecule has 2 aromatic carbocycles. The zero-order chi connectivity index (χ0) is 21.9. The third-order valence-electron chi connectivity index (χ3n) is 4.47. The third kappa shape index (κ3) is 7.21. The zero-order valence-electron chi connectivity index (χ0n) is 17.6. The summed E-state index contributed by atoms with van der Waals surface area (Å²) in [6.45, 7) is 5.46. The van der Waals surface area contributed by atoms with Crippen LogP contribution in [0.3, 0.4) is 0 Å². The minimum absolute atomic E-state index is 0.0747. The fourth-order valence-corrected chi connectivity index (χ4v) is 2.81. The lowest BCUT2D eigenvalue weighted by molar-refractivity contribution is -0.881. The van der Waals surface area contributed by atoms with Gasteiger partial charge < -0.3 is 25.6 Å². The number of methoxy groups -OCH3 is 1. The molecule has 2 rings (SSSR count). The summed E-state index contributed by atoms with van der Waals surface area (Å²) in [5.74, 6) is 0.199. The number of hydrogen-bond acceptors (Lipinski definition) is 4. The van der Waals surface area contributed by atoms with Crippen LogP contribution in [0.15, 0.2) is 48.5 Å². The molecule has 0 aliphatic carbocycles. The van der Waals surface area contributed by atoms with Crippen molar-refractivity contribution in [1.29, 1.82) is 0 Å². The smallest absolute Gasteiger partial charge is 0.279 e. The van der Waals surface area contributed by atoms with Gasteiger partial charge in [0.1, 0.15) is 5.75 Å². The van der Waals surface area contributed by atoms with Gasteiger partial charge in [0.2, 0.25) is 0 Å². The van der Waals surface area contributed by atoms with Crippen LogP contribution in [0.2, 0.25) is 0 Å². The van der Waals surface area contributed by atoms with Gasteiger partial charge in [-0.2, -0.15) is 0 Å². The van der Waals surface area contributed by atoms with E-state index in [1.165, 1.54) is 0 Å². The molecule has 0 bridgehead atoms. The Morgan fingerprint density at radius 1 is 0.833 bits per heavy atom. The Balaban J connectivity index is 1.88. The normalized spacial score (nSPS) is 11.3. The molecule has 8 heteroatoms. The third-order valence-corrected chi connectivity index (χ3v) is 4.47. The molecule has 0 saturated carbocycles. The van der Waals surface area contributed by atoms with Crippen molar-refractivity contribution >= 4 is 29.1 Å². The lowest BCUT2D eigenvalue weighted by atomic mass is 10.2. The van der Waals surface area contributed by atoms with E-state index in [2.05, 4.69) is 16.0 Å². The largest absolute Gasteiger partial charge is 0.497 e. The van der Waals surface area contributed by atoms with E-state index >= 15 is 0 Å². The van der Waals surface area contributed by atoms with Crippen molar-refractivity contribution in [1.82, 2.24) is 5.32 Å². The monoisotopic (exact) mass is 413 g/mol. The van der Waals surface area contributed by atoms with Crippen LogP contribution in [0.5, 0.6) is 5.75 Å². The van der Waals surface area contributed by atoms with Crippen molar-refractivity contribution in [2.45, 2.75) is 13.8 Å². The Morgan fingerprint density at radius 2 is 1.40 bits per heavy atom. The Morgan fingerprint density at radius 3 is 1.97 bits per heavy atom. The number of likely N-dealkylation sites (N-methyl/N-ethyl adjacent to an activating group) is 2. The highest BCUT2D eigenvalue weighted by molar-refractivity contribution is 6.04. The van der Waals surface area contributed by atoms with Crippen molar-refractivity contribution in [2.24, 2.45) is 0 Å². The van der Waals surface area contributed by atoms with Gasteiger partial charge in [-0.05, 0) is 62.4 Å². The summed E-state index contributed by atoms with van der Waals surface area (Å²) in [6.07, 6.45) is 0. The summed E-state index contributed by atoms with van der Waals surface area (Å²) in [7, 11) is 1.58. The zero-order valence-corrected chi connectivity index (χ0v) is 17.6. The van der Waals surface area contributed by atoms with Crippen LogP contribution in [0.4, 0.5) is 11.4 Å². The van der Waals surface area contributed by atoms with E-state index in [1.54, 1.807) is 55.6 Å². The minimum atomic E-state index is -0.249. The first-order valence-corrected chi connectivity index (χ1v) is 9.90. The molecular formula is C22H29N4O4+. The van der Waals surface area contributed by atoms with E-state index in [9.17, 15) is 14.4 Å². The van der Waals surface area contributed by atoms with Gasteiger partial charge in [0, 0.05) is 23.5 Å². The number of carbonyl (C=O) groups excluding carboxylic acids is 3. The standard InChI is InChI=1S/C22H28N4O4/c1-4-23-20(27)14-26(5-2)15-21(28)24-17-8-6-16(7-9-17)22(29)25-18-10-12-19(30-3)13-11-18/h6-13H,4-5,14-15H2,1-3H3,(H,23,27)(H,24,28)(H,25,29)/p+1. The van der Waals surface area contributed by atoms with Gasteiger partial charge in [0.15, 0.2) is 13.1 Å². The Labute approximate surface area is 176 Å². The molecule has 0 saturated heterocycles. The number of nitrogens with one attached hydrogen (secondary N) is 4. The van der Waals surface area contributed by atoms with Crippen LogP contribution in [0.25, 0.3) is 0 Å². The Kier molecular flexibility index (Phi) is 8.83. The van der Waals surface area contributed by atoms with Crippen molar-refractivity contribution < 1.29 is 24.0 Å². The summed E-state index contributed by atoms with van der Waals surface area (Å²) in [4.78, 5) is 37.2. The quantitative estimate of drug-likeness (QED) is 0.465.